The summed E-state index contributed by atoms with van der Waals surface area (Å²) >= 11 is 5.07. The first-order chi connectivity index (χ1) is 6.31. The number of methoxy groups -OCH3 is 1. The maximum Gasteiger partial charge on any atom is 0.187 e. The first-order valence-electron chi connectivity index (χ1n) is 4.18. The van der Waals surface area contributed by atoms with Crippen molar-refractivity contribution in [1.82, 2.24) is 0 Å². The lowest BCUT2D eigenvalue weighted by Crippen LogP contribution is -2.01. The summed E-state index contributed by atoms with van der Waals surface area (Å²) in [4.78, 5) is 0. The van der Waals surface area contributed by atoms with E-state index in [1.54, 1.807) is 7.11 Å². The van der Waals surface area contributed by atoms with Crippen molar-refractivity contribution in [1.29, 1.82) is 0 Å². The second-order valence-corrected chi connectivity index (χ2v) is 3.41. The van der Waals surface area contributed by atoms with Crippen LogP contribution in [0.1, 0.15) is 11.1 Å². The van der Waals surface area contributed by atoms with Gasteiger partial charge in [0, 0.05) is 12.0 Å². The highest BCUT2D eigenvalue weighted by molar-refractivity contribution is 7.80. The van der Waals surface area contributed by atoms with Gasteiger partial charge >= 0.3 is 0 Å². The topological polar surface area (TPSA) is 9.23 Å². The van der Waals surface area contributed by atoms with E-state index in [1.807, 2.05) is 12.1 Å². The standard InChI is InChI=1S/C11H10OS/c1-12-11(13)10-6-8-4-2-3-5-9(8)7-10/h2-6H,7H2,1H3. The van der Waals surface area contributed by atoms with Crippen LogP contribution in [0.15, 0.2) is 29.8 Å². The van der Waals surface area contributed by atoms with Gasteiger partial charge in [0.1, 0.15) is 0 Å². The van der Waals surface area contributed by atoms with Crippen LogP contribution in [-0.2, 0) is 11.2 Å². The van der Waals surface area contributed by atoms with Crippen LogP contribution in [0.2, 0.25) is 0 Å². The zero-order valence-corrected chi connectivity index (χ0v) is 8.23. The van der Waals surface area contributed by atoms with Gasteiger partial charge in [-0.25, -0.2) is 0 Å². The smallest absolute Gasteiger partial charge is 0.187 e. The molecule has 0 amide bonds. The first kappa shape index (κ1) is 8.45. The molecule has 0 unspecified atom stereocenters. The highest BCUT2D eigenvalue weighted by Crippen LogP contribution is 2.25. The zero-order valence-electron chi connectivity index (χ0n) is 7.41. The third-order valence-corrected chi connectivity index (χ3v) is 2.64. The minimum absolute atomic E-state index is 0.608. The van der Waals surface area contributed by atoms with Crippen molar-refractivity contribution in [2.24, 2.45) is 0 Å². The maximum absolute atomic E-state index is 5.07. The summed E-state index contributed by atoms with van der Waals surface area (Å²) in [6.07, 6.45) is 3.00. The minimum Gasteiger partial charge on any atom is -0.486 e. The summed E-state index contributed by atoms with van der Waals surface area (Å²) in [5, 5.41) is 0.608. The predicted octanol–water partition coefficient (Wildman–Crippen LogP) is 2.60. The van der Waals surface area contributed by atoms with Crippen LogP contribution in [-0.4, -0.2) is 12.2 Å². The molecule has 0 bridgehead atoms. The molecule has 0 heterocycles. The van der Waals surface area contributed by atoms with Crippen LogP contribution >= 0.6 is 12.2 Å². The molecule has 1 aliphatic rings. The van der Waals surface area contributed by atoms with Crippen molar-refractivity contribution in [3.63, 3.8) is 0 Å². The lowest BCUT2D eigenvalue weighted by Gasteiger charge is -2.01. The van der Waals surface area contributed by atoms with Crippen LogP contribution in [0.4, 0.5) is 0 Å². The Morgan fingerprint density at radius 1 is 1.38 bits per heavy atom. The highest BCUT2D eigenvalue weighted by Gasteiger charge is 2.15. The maximum atomic E-state index is 5.07. The van der Waals surface area contributed by atoms with Gasteiger partial charge in [0.25, 0.3) is 0 Å². The number of ether oxygens (including phenoxy) is 1. The largest absolute Gasteiger partial charge is 0.486 e. The van der Waals surface area contributed by atoms with Crippen molar-refractivity contribution in [2.45, 2.75) is 6.42 Å². The Bertz CT molecular complexity index is 379. The summed E-state index contributed by atoms with van der Waals surface area (Å²) in [5.41, 5.74) is 3.70. The number of rotatable bonds is 1. The number of fused-ring (bicyclic) bond motifs is 1. The summed E-state index contributed by atoms with van der Waals surface area (Å²) in [5.74, 6) is 0. The molecule has 0 spiro atoms. The molecule has 0 aliphatic heterocycles. The summed E-state index contributed by atoms with van der Waals surface area (Å²) < 4.78 is 5.03. The molecule has 0 radical (unpaired) electrons. The van der Waals surface area contributed by atoms with Gasteiger partial charge in [-0.05, 0) is 29.4 Å². The molecule has 1 aromatic rings. The highest BCUT2D eigenvalue weighted by atomic mass is 32.1. The molecule has 2 rings (SSSR count). The molecular weight excluding hydrogens is 180 g/mol. The van der Waals surface area contributed by atoms with Crippen LogP contribution in [0.3, 0.4) is 0 Å². The molecule has 0 aromatic heterocycles. The lowest BCUT2D eigenvalue weighted by atomic mass is 10.1. The molecule has 0 saturated carbocycles. The van der Waals surface area contributed by atoms with Crippen LogP contribution in [0.5, 0.6) is 0 Å². The molecule has 0 fully saturated rings. The Kier molecular flexibility index (Phi) is 2.15. The molecule has 2 heteroatoms. The minimum atomic E-state index is 0.608. The Balaban J connectivity index is 2.31. The molecule has 1 aromatic carbocycles. The van der Waals surface area contributed by atoms with Crippen molar-refractivity contribution < 1.29 is 4.74 Å². The van der Waals surface area contributed by atoms with E-state index in [9.17, 15) is 0 Å². The van der Waals surface area contributed by atoms with Gasteiger partial charge in [-0.15, -0.1) is 0 Å². The van der Waals surface area contributed by atoms with Crippen molar-refractivity contribution in [2.75, 3.05) is 7.11 Å². The Labute approximate surface area is 83.0 Å². The SMILES string of the molecule is COC(=S)C1=Cc2ccccc2C1. The van der Waals surface area contributed by atoms with E-state index in [-0.39, 0.29) is 0 Å². The van der Waals surface area contributed by atoms with Gasteiger partial charge in [-0.1, -0.05) is 24.3 Å². The summed E-state index contributed by atoms with van der Waals surface area (Å²) in [7, 11) is 1.62. The van der Waals surface area contributed by atoms with Crippen LogP contribution in [0.25, 0.3) is 6.08 Å². The number of hydrogen-bond acceptors (Lipinski definition) is 2. The summed E-state index contributed by atoms with van der Waals surface area (Å²) in [6, 6.07) is 8.30. The van der Waals surface area contributed by atoms with Gasteiger partial charge in [-0.2, -0.15) is 0 Å². The van der Waals surface area contributed by atoms with E-state index in [1.165, 1.54) is 11.1 Å². The molecular formula is C11H10OS. The van der Waals surface area contributed by atoms with Crippen molar-refractivity contribution in [3.05, 3.63) is 41.0 Å². The molecule has 1 aliphatic carbocycles. The van der Waals surface area contributed by atoms with E-state index in [2.05, 4.69) is 18.2 Å². The second kappa shape index (κ2) is 3.30. The first-order valence-corrected chi connectivity index (χ1v) is 4.59. The van der Waals surface area contributed by atoms with Gasteiger partial charge in [-0.3, -0.25) is 0 Å². The molecule has 66 valence electrons. The van der Waals surface area contributed by atoms with Crippen molar-refractivity contribution >= 4 is 23.3 Å². The Hall–Kier alpha value is -1.15. The number of benzene rings is 1. The molecule has 0 N–H and O–H groups in total. The fourth-order valence-electron chi connectivity index (χ4n) is 1.54. The fraction of sp³-hybridized carbons (Fsp3) is 0.182. The summed E-state index contributed by atoms with van der Waals surface area (Å²) in [6.45, 7) is 0. The molecule has 0 saturated heterocycles. The van der Waals surface area contributed by atoms with E-state index < -0.39 is 0 Å². The third-order valence-electron chi connectivity index (χ3n) is 2.21. The quantitative estimate of drug-likeness (QED) is 0.629. The van der Waals surface area contributed by atoms with Crippen LogP contribution in [0, 0.1) is 0 Å². The molecule has 1 nitrogen and oxygen atoms in total. The second-order valence-electron chi connectivity index (χ2n) is 3.04. The normalized spacial score (nSPS) is 13.5. The average molecular weight is 190 g/mol. The van der Waals surface area contributed by atoms with Gasteiger partial charge in [0.2, 0.25) is 0 Å². The van der Waals surface area contributed by atoms with Gasteiger partial charge in [0.15, 0.2) is 5.05 Å². The van der Waals surface area contributed by atoms with Crippen LogP contribution < -0.4 is 0 Å². The third kappa shape index (κ3) is 1.49. The van der Waals surface area contributed by atoms with Gasteiger partial charge < -0.3 is 4.74 Å². The zero-order chi connectivity index (χ0) is 9.26. The molecule has 0 atom stereocenters. The van der Waals surface area contributed by atoms with Crippen molar-refractivity contribution in [3.8, 4) is 0 Å². The van der Waals surface area contributed by atoms with E-state index >= 15 is 0 Å². The number of thiocarbonyl (C=S) groups is 1. The molecule has 13 heavy (non-hydrogen) atoms. The fourth-order valence-corrected chi connectivity index (χ4v) is 1.67. The Morgan fingerprint density at radius 2 is 2.15 bits per heavy atom. The monoisotopic (exact) mass is 190 g/mol. The number of hydrogen-bond donors (Lipinski definition) is 0. The predicted molar refractivity (Wildman–Crippen MR) is 57.7 cm³/mol. The van der Waals surface area contributed by atoms with E-state index in [4.69, 9.17) is 17.0 Å². The average Bonchev–Trinajstić information content (AvgIpc) is 2.59. The lowest BCUT2D eigenvalue weighted by molar-refractivity contribution is 0.414. The van der Waals surface area contributed by atoms with E-state index in [0.29, 0.717) is 5.05 Å². The van der Waals surface area contributed by atoms with E-state index in [0.717, 1.165) is 12.0 Å². The Morgan fingerprint density at radius 3 is 2.85 bits per heavy atom. The van der Waals surface area contributed by atoms with Gasteiger partial charge in [0.05, 0.1) is 7.11 Å².